The summed E-state index contributed by atoms with van der Waals surface area (Å²) in [5, 5.41) is 13.1. The number of nitrogens with one attached hydrogen (secondary N) is 1. The lowest BCUT2D eigenvalue weighted by molar-refractivity contribution is 0.171. The molecular formula is C10H14ClN3O. The number of aliphatic hydroxyl groups is 1. The standard InChI is InChI=1S/C10H14ClN3O/c1-6-5-9(14-10(11)12-6)13-7-3-2-4-8(7)15/h5,7-8,15H,2-4H2,1H3,(H,12,13,14). The van der Waals surface area contributed by atoms with E-state index in [1.165, 1.54) is 0 Å². The van der Waals surface area contributed by atoms with Gasteiger partial charge in [-0.3, -0.25) is 0 Å². The molecule has 1 saturated carbocycles. The summed E-state index contributed by atoms with van der Waals surface area (Å²) in [5.74, 6) is 0.693. The molecule has 0 saturated heterocycles. The van der Waals surface area contributed by atoms with Gasteiger partial charge in [0.2, 0.25) is 5.28 Å². The van der Waals surface area contributed by atoms with Crippen LogP contribution in [0, 0.1) is 6.92 Å². The molecule has 1 aromatic heterocycles. The first kappa shape index (κ1) is 10.6. The molecule has 1 aliphatic rings. The van der Waals surface area contributed by atoms with E-state index in [9.17, 15) is 5.11 Å². The number of rotatable bonds is 2. The van der Waals surface area contributed by atoms with Crippen LogP contribution >= 0.6 is 11.6 Å². The first-order chi connectivity index (χ1) is 7.15. The van der Waals surface area contributed by atoms with Crippen molar-refractivity contribution in [2.24, 2.45) is 0 Å². The first-order valence-electron chi connectivity index (χ1n) is 5.11. The van der Waals surface area contributed by atoms with E-state index >= 15 is 0 Å². The molecule has 0 amide bonds. The largest absolute Gasteiger partial charge is 0.391 e. The molecule has 0 bridgehead atoms. The van der Waals surface area contributed by atoms with Crippen molar-refractivity contribution in [3.63, 3.8) is 0 Å². The molecule has 1 heterocycles. The third-order valence-corrected chi connectivity index (χ3v) is 2.81. The fraction of sp³-hybridized carbons (Fsp3) is 0.600. The van der Waals surface area contributed by atoms with E-state index < -0.39 is 0 Å². The number of nitrogens with zero attached hydrogens (tertiary/aromatic N) is 2. The van der Waals surface area contributed by atoms with Crippen LogP contribution in [-0.4, -0.2) is 27.2 Å². The fourth-order valence-corrected chi connectivity index (χ4v) is 2.13. The summed E-state index contributed by atoms with van der Waals surface area (Å²) in [6.07, 6.45) is 2.60. The predicted octanol–water partition coefficient (Wildman–Crippen LogP) is 1.76. The number of hydrogen-bond donors (Lipinski definition) is 2. The Bertz CT molecular complexity index is 338. The zero-order valence-electron chi connectivity index (χ0n) is 8.57. The van der Waals surface area contributed by atoms with Gasteiger partial charge in [-0.1, -0.05) is 0 Å². The van der Waals surface area contributed by atoms with Gasteiger partial charge < -0.3 is 10.4 Å². The Balaban J connectivity index is 2.10. The van der Waals surface area contributed by atoms with Crippen LogP contribution in [0.4, 0.5) is 5.82 Å². The summed E-state index contributed by atoms with van der Waals surface area (Å²) in [6.45, 7) is 1.86. The first-order valence-corrected chi connectivity index (χ1v) is 5.49. The van der Waals surface area contributed by atoms with Gasteiger partial charge in [0.1, 0.15) is 5.82 Å². The van der Waals surface area contributed by atoms with Gasteiger partial charge in [0.05, 0.1) is 12.1 Å². The van der Waals surface area contributed by atoms with Crippen LogP contribution < -0.4 is 5.32 Å². The van der Waals surface area contributed by atoms with E-state index in [2.05, 4.69) is 15.3 Å². The summed E-state index contributed by atoms with van der Waals surface area (Å²) in [7, 11) is 0. The molecule has 82 valence electrons. The molecule has 4 nitrogen and oxygen atoms in total. The molecule has 2 N–H and O–H groups in total. The number of aromatic nitrogens is 2. The molecule has 2 atom stereocenters. The Morgan fingerprint density at radius 1 is 1.47 bits per heavy atom. The summed E-state index contributed by atoms with van der Waals surface area (Å²) in [4.78, 5) is 8.04. The van der Waals surface area contributed by atoms with Crippen molar-refractivity contribution in [3.05, 3.63) is 17.0 Å². The summed E-state index contributed by atoms with van der Waals surface area (Å²) in [6, 6.07) is 1.92. The van der Waals surface area contributed by atoms with E-state index in [0.717, 1.165) is 25.0 Å². The second-order valence-corrected chi connectivity index (χ2v) is 4.25. The van der Waals surface area contributed by atoms with Crippen LogP contribution in [0.25, 0.3) is 0 Å². The molecule has 0 aromatic carbocycles. The van der Waals surface area contributed by atoms with Gasteiger partial charge in [0, 0.05) is 11.8 Å². The second kappa shape index (κ2) is 4.33. The van der Waals surface area contributed by atoms with Crippen LogP contribution in [0.1, 0.15) is 25.0 Å². The van der Waals surface area contributed by atoms with Gasteiger partial charge in [-0.25, -0.2) is 9.97 Å². The molecule has 2 unspecified atom stereocenters. The number of aliphatic hydroxyl groups excluding tert-OH is 1. The monoisotopic (exact) mass is 227 g/mol. The van der Waals surface area contributed by atoms with Gasteiger partial charge in [-0.2, -0.15) is 0 Å². The average Bonchev–Trinajstić information content (AvgIpc) is 2.50. The molecule has 1 aromatic rings. The Morgan fingerprint density at radius 2 is 2.27 bits per heavy atom. The van der Waals surface area contributed by atoms with E-state index in [1.54, 1.807) is 0 Å². The lowest BCUT2D eigenvalue weighted by Gasteiger charge is -2.17. The van der Waals surface area contributed by atoms with Crippen LogP contribution in [0.3, 0.4) is 0 Å². The van der Waals surface area contributed by atoms with E-state index in [4.69, 9.17) is 11.6 Å². The van der Waals surface area contributed by atoms with Gasteiger partial charge in [0.15, 0.2) is 0 Å². The number of hydrogen-bond acceptors (Lipinski definition) is 4. The van der Waals surface area contributed by atoms with Crippen molar-refractivity contribution >= 4 is 17.4 Å². The van der Waals surface area contributed by atoms with Gasteiger partial charge >= 0.3 is 0 Å². The van der Waals surface area contributed by atoms with Crippen LogP contribution in [0.15, 0.2) is 6.07 Å². The molecule has 15 heavy (non-hydrogen) atoms. The summed E-state index contributed by atoms with van der Waals surface area (Å²) < 4.78 is 0. The molecule has 0 spiro atoms. The molecule has 2 rings (SSSR count). The van der Waals surface area contributed by atoms with Crippen molar-refractivity contribution in [2.75, 3.05) is 5.32 Å². The minimum absolute atomic E-state index is 0.0929. The maximum atomic E-state index is 9.65. The van der Waals surface area contributed by atoms with Crippen LogP contribution in [0.2, 0.25) is 5.28 Å². The van der Waals surface area contributed by atoms with Crippen molar-refractivity contribution in [1.82, 2.24) is 9.97 Å². The topological polar surface area (TPSA) is 58.0 Å². The zero-order valence-corrected chi connectivity index (χ0v) is 9.33. The summed E-state index contributed by atoms with van der Waals surface area (Å²) in [5.41, 5.74) is 0.824. The lowest BCUT2D eigenvalue weighted by Crippen LogP contribution is -2.28. The Morgan fingerprint density at radius 3 is 2.87 bits per heavy atom. The quantitative estimate of drug-likeness (QED) is 0.756. The molecule has 5 heteroatoms. The smallest absolute Gasteiger partial charge is 0.224 e. The third-order valence-electron chi connectivity index (χ3n) is 2.64. The lowest BCUT2D eigenvalue weighted by atomic mass is 10.2. The SMILES string of the molecule is Cc1cc(NC2CCCC2O)nc(Cl)n1. The molecular weight excluding hydrogens is 214 g/mol. The van der Waals surface area contributed by atoms with E-state index in [-0.39, 0.29) is 17.4 Å². The third kappa shape index (κ3) is 2.58. The van der Waals surface area contributed by atoms with Crippen molar-refractivity contribution < 1.29 is 5.11 Å². The number of aryl methyl sites for hydroxylation is 1. The Kier molecular flexibility index (Phi) is 3.07. The summed E-state index contributed by atoms with van der Waals surface area (Å²) >= 11 is 5.75. The number of halogens is 1. The maximum absolute atomic E-state index is 9.65. The van der Waals surface area contributed by atoms with Crippen LogP contribution in [0.5, 0.6) is 0 Å². The van der Waals surface area contributed by atoms with Gasteiger partial charge in [0.25, 0.3) is 0 Å². The maximum Gasteiger partial charge on any atom is 0.224 e. The predicted molar refractivity (Wildman–Crippen MR) is 59.0 cm³/mol. The second-order valence-electron chi connectivity index (χ2n) is 3.91. The highest BCUT2D eigenvalue weighted by Gasteiger charge is 2.25. The van der Waals surface area contributed by atoms with E-state index in [1.807, 2.05) is 13.0 Å². The van der Waals surface area contributed by atoms with Gasteiger partial charge in [-0.15, -0.1) is 0 Å². The Labute approximate surface area is 93.7 Å². The van der Waals surface area contributed by atoms with Crippen LogP contribution in [-0.2, 0) is 0 Å². The molecule has 1 fully saturated rings. The Hall–Kier alpha value is -0.870. The van der Waals surface area contributed by atoms with E-state index in [0.29, 0.717) is 5.82 Å². The molecule has 0 radical (unpaired) electrons. The minimum Gasteiger partial charge on any atom is -0.391 e. The number of anilines is 1. The van der Waals surface area contributed by atoms with Crippen molar-refractivity contribution in [3.8, 4) is 0 Å². The molecule has 0 aliphatic heterocycles. The highest BCUT2D eigenvalue weighted by Crippen LogP contribution is 2.22. The highest BCUT2D eigenvalue weighted by molar-refractivity contribution is 6.28. The van der Waals surface area contributed by atoms with Gasteiger partial charge in [-0.05, 0) is 37.8 Å². The van der Waals surface area contributed by atoms with Crippen molar-refractivity contribution in [1.29, 1.82) is 0 Å². The normalized spacial score (nSPS) is 25.5. The average molecular weight is 228 g/mol. The molecule has 1 aliphatic carbocycles. The fourth-order valence-electron chi connectivity index (χ4n) is 1.91. The minimum atomic E-state index is -0.279. The zero-order chi connectivity index (χ0) is 10.8. The highest BCUT2D eigenvalue weighted by atomic mass is 35.5. The van der Waals surface area contributed by atoms with Crippen molar-refractivity contribution in [2.45, 2.75) is 38.3 Å².